The SMILES string of the molecule is C=C.CC(C)(C)C.COCC(C)Cn1c(C)cc2c(-c3ccc(Cl)cc3)c(CC(C)=O)c(C)c(NS)c21. The Morgan fingerprint density at radius 3 is 2.16 bits per heavy atom. The molecule has 37 heavy (non-hydrogen) atoms. The van der Waals surface area contributed by atoms with Crippen LogP contribution in [0.3, 0.4) is 0 Å². The van der Waals surface area contributed by atoms with Crippen LogP contribution in [-0.2, 0) is 22.5 Å². The lowest BCUT2D eigenvalue weighted by Crippen LogP contribution is -2.14. The molecule has 0 aliphatic carbocycles. The Morgan fingerprint density at radius 2 is 1.70 bits per heavy atom. The van der Waals surface area contributed by atoms with Crippen LogP contribution in [0.2, 0.25) is 5.02 Å². The van der Waals surface area contributed by atoms with Crippen molar-refractivity contribution in [2.75, 3.05) is 18.4 Å². The molecule has 0 fully saturated rings. The maximum Gasteiger partial charge on any atom is 0.134 e. The van der Waals surface area contributed by atoms with Crippen molar-refractivity contribution in [2.45, 2.75) is 68.4 Å². The number of ether oxygens (including phenoxy) is 1. The van der Waals surface area contributed by atoms with Crippen LogP contribution in [0.4, 0.5) is 5.69 Å². The molecular formula is C31H45ClN2O2S. The Hall–Kier alpha value is -2.21. The minimum atomic E-state index is 0.127. The van der Waals surface area contributed by atoms with Crippen molar-refractivity contribution >= 4 is 46.8 Å². The first-order valence-corrected chi connectivity index (χ1v) is 13.4. The molecule has 6 heteroatoms. The second-order valence-corrected chi connectivity index (χ2v) is 11.7. The van der Waals surface area contributed by atoms with Gasteiger partial charge in [-0.25, -0.2) is 0 Å². The molecule has 3 rings (SSSR count). The highest BCUT2D eigenvalue weighted by Gasteiger charge is 2.23. The number of methoxy groups -OCH3 is 1. The van der Waals surface area contributed by atoms with Crippen LogP contribution >= 0.6 is 24.4 Å². The van der Waals surface area contributed by atoms with Crippen LogP contribution in [0.1, 0.15) is 58.4 Å². The average molecular weight is 545 g/mol. The Balaban J connectivity index is 0.000000874. The van der Waals surface area contributed by atoms with E-state index in [9.17, 15) is 4.79 Å². The lowest BCUT2D eigenvalue weighted by molar-refractivity contribution is -0.116. The minimum Gasteiger partial charge on any atom is -0.384 e. The smallest absolute Gasteiger partial charge is 0.134 e. The number of anilines is 1. The molecule has 0 bridgehead atoms. The van der Waals surface area contributed by atoms with E-state index in [-0.39, 0.29) is 5.78 Å². The van der Waals surface area contributed by atoms with Gasteiger partial charge in [0.25, 0.3) is 0 Å². The second kappa shape index (κ2) is 14.7. The number of hydrogen-bond acceptors (Lipinski definition) is 4. The van der Waals surface area contributed by atoms with Gasteiger partial charge in [-0.2, -0.15) is 0 Å². The summed E-state index contributed by atoms with van der Waals surface area (Å²) in [6.07, 6.45) is 0.368. The molecule has 1 N–H and O–H groups in total. The number of benzene rings is 2. The van der Waals surface area contributed by atoms with Gasteiger partial charge in [-0.05, 0) is 72.6 Å². The molecule has 0 aliphatic rings. The predicted molar refractivity (Wildman–Crippen MR) is 166 cm³/mol. The Morgan fingerprint density at radius 1 is 1.16 bits per heavy atom. The number of nitrogens with zero attached hydrogens (tertiary/aromatic N) is 1. The average Bonchev–Trinajstić information content (AvgIpc) is 3.11. The van der Waals surface area contributed by atoms with Crippen molar-refractivity contribution in [1.29, 1.82) is 0 Å². The van der Waals surface area contributed by atoms with E-state index in [4.69, 9.17) is 16.3 Å². The molecule has 0 saturated heterocycles. The summed E-state index contributed by atoms with van der Waals surface area (Å²) in [4.78, 5) is 12.1. The van der Waals surface area contributed by atoms with Gasteiger partial charge in [0.2, 0.25) is 0 Å². The second-order valence-electron chi connectivity index (χ2n) is 11.1. The number of aryl methyl sites for hydroxylation is 1. The molecule has 1 atom stereocenters. The van der Waals surface area contributed by atoms with E-state index in [0.717, 1.165) is 51.1 Å². The maximum atomic E-state index is 12.1. The summed E-state index contributed by atoms with van der Waals surface area (Å²) in [5.41, 5.74) is 7.90. The Labute approximate surface area is 235 Å². The number of ketones is 1. The molecule has 0 saturated carbocycles. The number of halogens is 1. The number of fused-ring (bicyclic) bond motifs is 1. The number of Topliss-reactive ketones (excluding diaryl/α,β-unsaturated/α-hetero) is 1. The molecule has 0 radical (unpaired) electrons. The molecule has 3 aromatic rings. The first kappa shape index (κ1) is 32.8. The zero-order valence-electron chi connectivity index (χ0n) is 24.1. The third-order valence-corrected chi connectivity index (χ3v) is 6.03. The normalized spacial score (nSPS) is 11.8. The third-order valence-electron chi connectivity index (χ3n) is 5.56. The van der Waals surface area contributed by atoms with Crippen molar-refractivity contribution in [3.05, 3.63) is 65.3 Å². The molecular weight excluding hydrogens is 500 g/mol. The number of carbonyl (C=O) groups is 1. The van der Waals surface area contributed by atoms with Gasteiger partial charge < -0.3 is 14.0 Å². The van der Waals surface area contributed by atoms with Gasteiger partial charge >= 0.3 is 0 Å². The number of nitrogens with one attached hydrogen (secondary N) is 1. The molecule has 0 spiro atoms. The van der Waals surface area contributed by atoms with E-state index in [0.29, 0.717) is 29.4 Å². The third kappa shape index (κ3) is 9.24. The van der Waals surface area contributed by atoms with Crippen LogP contribution in [0.15, 0.2) is 43.5 Å². The van der Waals surface area contributed by atoms with E-state index < -0.39 is 0 Å². The first-order chi connectivity index (χ1) is 17.3. The van der Waals surface area contributed by atoms with E-state index >= 15 is 0 Å². The zero-order valence-corrected chi connectivity index (χ0v) is 25.7. The highest BCUT2D eigenvalue weighted by molar-refractivity contribution is 7.81. The quantitative estimate of drug-likeness (QED) is 0.219. The number of hydrogen-bond donors (Lipinski definition) is 2. The van der Waals surface area contributed by atoms with E-state index in [1.165, 1.54) is 0 Å². The highest BCUT2D eigenvalue weighted by Crippen LogP contribution is 2.42. The molecule has 1 aromatic heterocycles. The van der Waals surface area contributed by atoms with Crippen LogP contribution in [-0.4, -0.2) is 24.1 Å². The summed E-state index contributed by atoms with van der Waals surface area (Å²) in [6.45, 7) is 24.3. The molecule has 0 amide bonds. The molecule has 1 unspecified atom stereocenters. The van der Waals surface area contributed by atoms with Gasteiger partial charge in [0.15, 0.2) is 0 Å². The fourth-order valence-corrected chi connectivity index (χ4v) is 4.65. The first-order valence-electron chi connectivity index (χ1n) is 12.6. The van der Waals surface area contributed by atoms with Crippen molar-refractivity contribution < 1.29 is 9.53 Å². The fraction of sp³-hybridized carbons (Fsp3) is 0.452. The van der Waals surface area contributed by atoms with Crippen molar-refractivity contribution in [1.82, 2.24) is 4.57 Å². The minimum absolute atomic E-state index is 0.127. The maximum absolute atomic E-state index is 12.1. The van der Waals surface area contributed by atoms with Gasteiger partial charge in [0.05, 0.1) is 17.8 Å². The molecule has 204 valence electrons. The van der Waals surface area contributed by atoms with Gasteiger partial charge in [-0.3, -0.25) is 4.79 Å². The Kier molecular flexibility index (Phi) is 13.0. The van der Waals surface area contributed by atoms with Crippen LogP contribution in [0.25, 0.3) is 22.0 Å². The summed E-state index contributed by atoms with van der Waals surface area (Å²) in [6, 6.07) is 10.0. The summed E-state index contributed by atoms with van der Waals surface area (Å²) in [5.74, 6) is 0.482. The van der Waals surface area contributed by atoms with Crippen molar-refractivity contribution in [3.8, 4) is 11.1 Å². The summed E-state index contributed by atoms with van der Waals surface area (Å²) < 4.78 is 10.8. The lowest BCUT2D eigenvalue weighted by atomic mass is 9.88. The number of rotatable bonds is 8. The van der Waals surface area contributed by atoms with Gasteiger partial charge in [0.1, 0.15) is 5.78 Å². The zero-order chi connectivity index (χ0) is 28.5. The number of aromatic nitrogens is 1. The van der Waals surface area contributed by atoms with Gasteiger partial charge in [-0.1, -0.05) is 71.2 Å². The standard InChI is InChI=1S/C24H29ClN2O2S.C5H12.C2H4/c1-14(13-29-5)12-27-15(2)10-21-22(18-6-8-19(25)9-7-18)20(11-16(3)28)17(4)23(26-30)24(21)27;1-5(2,3)4;1-2/h6-10,14,26,30H,11-13H2,1-5H3;1-4H3;1-2H2. The van der Waals surface area contributed by atoms with Crippen LogP contribution < -0.4 is 4.72 Å². The van der Waals surface area contributed by atoms with Gasteiger partial charge in [0, 0.05) is 36.2 Å². The van der Waals surface area contributed by atoms with Crippen LogP contribution in [0.5, 0.6) is 0 Å². The monoisotopic (exact) mass is 544 g/mol. The number of thiol groups is 1. The van der Waals surface area contributed by atoms with E-state index in [1.54, 1.807) is 14.0 Å². The summed E-state index contributed by atoms with van der Waals surface area (Å²) in [7, 11) is 1.73. The lowest BCUT2D eigenvalue weighted by Gasteiger charge is -2.21. The largest absolute Gasteiger partial charge is 0.384 e. The van der Waals surface area contributed by atoms with E-state index in [2.05, 4.69) is 89.8 Å². The van der Waals surface area contributed by atoms with Crippen molar-refractivity contribution in [2.24, 2.45) is 11.3 Å². The number of carbonyl (C=O) groups excluding carboxylic acids is 1. The molecule has 0 aliphatic heterocycles. The molecule has 2 aromatic carbocycles. The molecule has 1 heterocycles. The highest BCUT2D eigenvalue weighted by atomic mass is 35.5. The molecule has 4 nitrogen and oxygen atoms in total. The van der Waals surface area contributed by atoms with Crippen molar-refractivity contribution in [3.63, 3.8) is 0 Å². The summed E-state index contributed by atoms with van der Waals surface area (Å²) in [5, 5.41) is 1.80. The van der Waals surface area contributed by atoms with E-state index in [1.807, 2.05) is 24.3 Å². The Bertz CT molecular complexity index is 1170. The van der Waals surface area contributed by atoms with Crippen LogP contribution in [0, 0.1) is 25.2 Å². The van der Waals surface area contributed by atoms with Gasteiger partial charge in [-0.15, -0.1) is 13.2 Å². The topological polar surface area (TPSA) is 43.3 Å². The fourth-order valence-electron chi connectivity index (χ4n) is 4.25. The predicted octanol–water partition coefficient (Wildman–Crippen LogP) is 9.10. The summed E-state index contributed by atoms with van der Waals surface area (Å²) >= 11 is 10.6.